The van der Waals surface area contributed by atoms with E-state index in [0.717, 1.165) is 12.0 Å². The van der Waals surface area contributed by atoms with E-state index in [4.69, 9.17) is 5.11 Å². The van der Waals surface area contributed by atoms with Gasteiger partial charge in [-0.2, -0.15) is 0 Å². The van der Waals surface area contributed by atoms with Crippen molar-refractivity contribution in [3.8, 4) is 0 Å². The van der Waals surface area contributed by atoms with Gasteiger partial charge in [0, 0.05) is 6.54 Å². The molecule has 84 valence electrons. The number of hydrogen-bond acceptors (Lipinski definition) is 2. The van der Waals surface area contributed by atoms with Gasteiger partial charge in [-0.3, -0.25) is 0 Å². The van der Waals surface area contributed by atoms with Gasteiger partial charge in [0.25, 0.3) is 0 Å². The Balaban J connectivity index is 2.22. The van der Waals surface area contributed by atoms with Crippen LogP contribution in [0.4, 0.5) is 4.79 Å². The molecule has 0 spiro atoms. The number of hydrogen-bond donors (Lipinski definition) is 3. The van der Waals surface area contributed by atoms with Gasteiger partial charge in [0.2, 0.25) is 0 Å². The quantitative estimate of drug-likeness (QED) is 0.699. The van der Waals surface area contributed by atoms with Crippen molar-refractivity contribution in [2.45, 2.75) is 12.5 Å². The standard InChI is InChI=1S/C11H12N2O3/c14-10(15)8-3-1-2-7(6-8)9-4-5-12-11(16)13-9/h1-3,6,9H,4-5H2,(H,14,15)(H2,12,13,16). The first-order valence-electron chi connectivity index (χ1n) is 5.04. The van der Waals surface area contributed by atoms with Crippen molar-refractivity contribution in [2.24, 2.45) is 0 Å². The monoisotopic (exact) mass is 220 g/mol. The van der Waals surface area contributed by atoms with Crippen molar-refractivity contribution < 1.29 is 14.7 Å². The highest BCUT2D eigenvalue weighted by atomic mass is 16.4. The highest BCUT2D eigenvalue weighted by molar-refractivity contribution is 5.87. The molecule has 0 radical (unpaired) electrons. The van der Waals surface area contributed by atoms with Crippen LogP contribution in [0.15, 0.2) is 24.3 Å². The highest BCUT2D eigenvalue weighted by Crippen LogP contribution is 2.19. The predicted octanol–water partition coefficient (Wildman–Crippen LogP) is 1.13. The Labute approximate surface area is 92.5 Å². The molecule has 0 bridgehead atoms. The van der Waals surface area contributed by atoms with E-state index < -0.39 is 5.97 Å². The molecule has 0 aliphatic carbocycles. The minimum Gasteiger partial charge on any atom is -0.478 e. The maximum Gasteiger partial charge on any atom is 0.335 e. The molecule has 3 N–H and O–H groups in total. The summed E-state index contributed by atoms with van der Waals surface area (Å²) in [5.41, 5.74) is 1.07. The average Bonchev–Trinajstić information content (AvgIpc) is 2.29. The molecule has 0 aromatic heterocycles. The normalized spacial score (nSPS) is 19.8. The number of nitrogens with one attached hydrogen (secondary N) is 2. The summed E-state index contributed by atoms with van der Waals surface area (Å²) >= 11 is 0. The smallest absolute Gasteiger partial charge is 0.335 e. The lowest BCUT2D eigenvalue weighted by atomic mass is 10.0. The fourth-order valence-electron chi connectivity index (χ4n) is 1.75. The van der Waals surface area contributed by atoms with Crippen molar-refractivity contribution >= 4 is 12.0 Å². The van der Waals surface area contributed by atoms with E-state index in [2.05, 4.69) is 10.6 Å². The predicted molar refractivity (Wildman–Crippen MR) is 57.3 cm³/mol. The lowest BCUT2D eigenvalue weighted by Gasteiger charge is -2.24. The van der Waals surface area contributed by atoms with Crippen LogP contribution in [0.3, 0.4) is 0 Å². The number of benzene rings is 1. The van der Waals surface area contributed by atoms with Crippen molar-refractivity contribution in [3.63, 3.8) is 0 Å². The summed E-state index contributed by atoms with van der Waals surface area (Å²) in [5.74, 6) is -0.956. The third-order valence-electron chi connectivity index (χ3n) is 2.56. The van der Waals surface area contributed by atoms with E-state index in [-0.39, 0.29) is 17.6 Å². The summed E-state index contributed by atoms with van der Waals surface area (Å²) in [6, 6.07) is 6.33. The molecule has 5 heteroatoms. The summed E-state index contributed by atoms with van der Waals surface area (Å²) in [4.78, 5) is 21.9. The van der Waals surface area contributed by atoms with Crippen LogP contribution in [0.5, 0.6) is 0 Å². The van der Waals surface area contributed by atoms with E-state index in [1.807, 2.05) is 6.07 Å². The number of carboxylic acids is 1. The van der Waals surface area contributed by atoms with Crippen LogP contribution in [0.2, 0.25) is 0 Å². The number of urea groups is 1. The average molecular weight is 220 g/mol. The molecule has 1 aliphatic rings. The second-order valence-electron chi connectivity index (χ2n) is 3.67. The van der Waals surface area contributed by atoms with E-state index in [9.17, 15) is 9.59 Å². The van der Waals surface area contributed by atoms with E-state index in [1.165, 1.54) is 6.07 Å². The molecule has 1 atom stereocenters. The lowest BCUT2D eigenvalue weighted by Crippen LogP contribution is -2.44. The highest BCUT2D eigenvalue weighted by Gasteiger charge is 2.19. The van der Waals surface area contributed by atoms with Gasteiger partial charge in [-0.05, 0) is 24.1 Å². The Bertz CT molecular complexity index is 431. The van der Waals surface area contributed by atoms with Gasteiger partial charge in [0.15, 0.2) is 0 Å². The van der Waals surface area contributed by atoms with Gasteiger partial charge < -0.3 is 15.7 Å². The van der Waals surface area contributed by atoms with Gasteiger partial charge in [-0.25, -0.2) is 9.59 Å². The summed E-state index contributed by atoms with van der Waals surface area (Å²) < 4.78 is 0. The zero-order valence-electron chi connectivity index (χ0n) is 8.56. The molecule has 1 fully saturated rings. The van der Waals surface area contributed by atoms with Crippen molar-refractivity contribution in [1.82, 2.24) is 10.6 Å². The van der Waals surface area contributed by atoms with Crippen molar-refractivity contribution in [3.05, 3.63) is 35.4 Å². The number of carboxylic acid groups (broad SMARTS) is 1. The molecule has 2 amide bonds. The molecule has 16 heavy (non-hydrogen) atoms. The summed E-state index contributed by atoms with van der Waals surface area (Å²) in [7, 11) is 0. The zero-order chi connectivity index (χ0) is 11.5. The van der Waals surface area contributed by atoms with Crippen molar-refractivity contribution in [2.75, 3.05) is 6.54 Å². The number of carbonyl (C=O) groups excluding carboxylic acids is 1. The maximum absolute atomic E-state index is 11.1. The molecule has 1 aliphatic heterocycles. The minimum atomic E-state index is -0.956. The summed E-state index contributed by atoms with van der Waals surface area (Å²) in [5, 5.41) is 14.3. The van der Waals surface area contributed by atoms with Gasteiger partial charge in [-0.1, -0.05) is 12.1 Å². The first-order chi connectivity index (χ1) is 7.66. The van der Waals surface area contributed by atoms with Crippen LogP contribution >= 0.6 is 0 Å². The second-order valence-corrected chi connectivity index (χ2v) is 3.67. The molecule has 1 aromatic rings. The lowest BCUT2D eigenvalue weighted by molar-refractivity contribution is 0.0696. The fraction of sp³-hybridized carbons (Fsp3) is 0.273. The molecule has 0 saturated carbocycles. The SMILES string of the molecule is O=C1NCCC(c2cccc(C(=O)O)c2)N1. The van der Waals surface area contributed by atoms with Gasteiger partial charge in [0.1, 0.15) is 0 Å². The van der Waals surface area contributed by atoms with Crippen LogP contribution in [-0.4, -0.2) is 23.7 Å². The second kappa shape index (κ2) is 4.22. The molecule has 1 heterocycles. The third-order valence-corrected chi connectivity index (χ3v) is 2.56. The minimum absolute atomic E-state index is 0.104. The van der Waals surface area contributed by atoms with E-state index in [0.29, 0.717) is 6.54 Å². The topological polar surface area (TPSA) is 78.4 Å². The van der Waals surface area contributed by atoms with Crippen LogP contribution in [0.1, 0.15) is 28.4 Å². The summed E-state index contributed by atoms with van der Waals surface area (Å²) in [6.07, 6.45) is 0.759. The Morgan fingerprint density at radius 3 is 2.94 bits per heavy atom. The van der Waals surface area contributed by atoms with Gasteiger partial charge in [0.05, 0.1) is 11.6 Å². The Hall–Kier alpha value is -2.04. The molecule has 2 rings (SSSR count). The third kappa shape index (κ3) is 2.13. The number of carbonyl (C=O) groups is 2. The molecular weight excluding hydrogens is 208 g/mol. The molecule has 1 unspecified atom stereocenters. The van der Waals surface area contributed by atoms with Crippen LogP contribution < -0.4 is 10.6 Å². The Kier molecular flexibility index (Phi) is 2.76. The maximum atomic E-state index is 11.1. The Morgan fingerprint density at radius 1 is 1.44 bits per heavy atom. The number of aromatic carboxylic acids is 1. The van der Waals surface area contributed by atoms with E-state index >= 15 is 0 Å². The van der Waals surface area contributed by atoms with Crippen LogP contribution in [0.25, 0.3) is 0 Å². The van der Waals surface area contributed by atoms with Crippen LogP contribution in [-0.2, 0) is 0 Å². The molecule has 1 saturated heterocycles. The van der Waals surface area contributed by atoms with Crippen LogP contribution in [0, 0.1) is 0 Å². The van der Waals surface area contributed by atoms with Gasteiger partial charge in [-0.15, -0.1) is 0 Å². The zero-order valence-corrected chi connectivity index (χ0v) is 8.56. The number of rotatable bonds is 2. The first-order valence-corrected chi connectivity index (χ1v) is 5.04. The molecular formula is C11H12N2O3. The molecule has 5 nitrogen and oxygen atoms in total. The first kappa shape index (κ1) is 10.5. The number of amides is 2. The largest absolute Gasteiger partial charge is 0.478 e. The summed E-state index contributed by atoms with van der Waals surface area (Å²) in [6.45, 7) is 0.605. The molecule has 1 aromatic carbocycles. The van der Waals surface area contributed by atoms with Gasteiger partial charge >= 0.3 is 12.0 Å². The Morgan fingerprint density at radius 2 is 2.25 bits per heavy atom. The fourth-order valence-corrected chi connectivity index (χ4v) is 1.75. The van der Waals surface area contributed by atoms with E-state index in [1.54, 1.807) is 12.1 Å². The van der Waals surface area contributed by atoms with Crippen molar-refractivity contribution in [1.29, 1.82) is 0 Å².